The molecule has 0 bridgehead atoms. The fourth-order valence-corrected chi connectivity index (χ4v) is 9.04. The molecule has 3 N–H and O–H groups in total. The quantitative estimate of drug-likeness (QED) is 0.127. The number of likely N-dealkylation sites (N-methyl/N-ethyl adjacent to an activating group) is 1. The highest BCUT2D eigenvalue weighted by molar-refractivity contribution is 5.92. The molecule has 6 aromatic rings. The lowest BCUT2D eigenvalue weighted by molar-refractivity contribution is -0.137. The van der Waals surface area contributed by atoms with Crippen molar-refractivity contribution in [1.82, 2.24) is 40.0 Å². The van der Waals surface area contributed by atoms with Gasteiger partial charge in [0.05, 0.1) is 42.1 Å². The van der Waals surface area contributed by atoms with Crippen LogP contribution in [0.15, 0.2) is 91.1 Å². The molecule has 0 radical (unpaired) electrons. The minimum atomic E-state index is -0.696. The van der Waals surface area contributed by atoms with Crippen LogP contribution in [0.5, 0.6) is 0 Å². The van der Waals surface area contributed by atoms with E-state index in [0.29, 0.717) is 19.0 Å². The first-order valence-corrected chi connectivity index (χ1v) is 20.6. The summed E-state index contributed by atoms with van der Waals surface area (Å²) >= 11 is 0. The van der Waals surface area contributed by atoms with Crippen LogP contribution in [0.3, 0.4) is 0 Å². The van der Waals surface area contributed by atoms with Crippen molar-refractivity contribution in [1.29, 1.82) is 0 Å². The van der Waals surface area contributed by atoms with Gasteiger partial charge in [-0.2, -0.15) is 0 Å². The van der Waals surface area contributed by atoms with Gasteiger partial charge < -0.3 is 29.8 Å². The third kappa shape index (κ3) is 7.93. The molecule has 3 amide bonds. The molecule has 306 valence electrons. The SMILES string of the molecule is COC(=O)NC(C(=O)N1CC(C)CC1c1nc2ccc(-c3ccc4cc(-c5cnc(C6CC(C)CN6C(=O)C(c6ccccc6)N(C)C)[nH]5)ccc4c3)cc2[nH]1)C(C)C. The number of methoxy groups -OCH3 is 1. The number of ether oxygens (including phenoxy) is 1. The molecule has 6 atom stereocenters. The molecule has 59 heavy (non-hydrogen) atoms. The molecule has 6 unspecified atom stereocenters. The molecule has 4 aromatic carbocycles. The van der Waals surface area contributed by atoms with Crippen molar-refractivity contribution < 1.29 is 19.1 Å². The number of fused-ring (bicyclic) bond motifs is 2. The van der Waals surface area contributed by atoms with Crippen LogP contribution in [-0.4, -0.2) is 92.9 Å². The van der Waals surface area contributed by atoms with E-state index < -0.39 is 12.1 Å². The predicted molar refractivity (Wildman–Crippen MR) is 230 cm³/mol. The first-order valence-electron chi connectivity index (χ1n) is 20.6. The number of carbonyl (C=O) groups is 3. The van der Waals surface area contributed by atoms with Gasteiger partial charge >= 0.3 is 6.09 Å². The fraction of sp³-hybridized carbons (Fsp3) is 0.383. The normalized spacial score (nSPS) is 20.5. The molecule has 0 saturated carbocycles. The van der Waals surface area contributed by atoms with Crippen molar-refractivity contribution >= 4 is 39.7 Å². The average molecular weight is 795 g/mol. The Bertz CT molecular complexity index is 2490. The van der Waals surface area contributed by atoms with Crippen LogP contribution < -0.4 is 5.32 Å². The molecule has 0 spiro atoms. The highest BCUT2D eigenvalue weighted by atomic mass is 16.5. The van der Waals surface area contributed by atoms with Gasteiger partial charge in [0.2, 0.25) is 11.8 Å². The average Bonchev–Trinajstić information content (AvgIpc) is 4.04. The number of carbonyl (C=O) groups excluding carboxylic acids is 3. The van der Waals surface area contributed by atoms with E-state index >= 15 is 0 Å². The number of H-pyrrole nitrogens is 2. The summed E-state index contributed by atoms with van der Waals surface area (Å²) in [5, 5.41) is 4.95. The summed E-state index contributed by atoms with van der Waals surface area (Å²) in [4.78, 5) is 62.8. The Morgan fingerprint density at radius 1 is 0.780 bits per heavy atom. The zero-order valence-corrected chi connectivity index (χ0v) is 34.9. The molecule has 2 aromatic heterocycles. The van der Waals surface area contributed by atoms with Gasteiger partial charge in [-0.25, -0.2) is 14.8 Å². The second kappa shape index (κ2) is 16.3. The first-order chi connectivity index (χ1) is 28.4. The largest absolute Gasteiger partial charge is 0.453 e. The summed E-state index contributed by atoms with van der Waals surface area (Å²) in [6.07, 6.45) is 2.89. The summed E-state index contributed by atoms with van der Waals surface area (Å²) in [7, 11) is 5.22. The van der Waals surface area contributed by atoms with E-state index in [2.05, 4.69) is 77.7 Å². The molecule has 2 aliphatic heterocycles. The zero-order valence-electron chi connectivity index (χ0n) is 34.9. The van der Waals surface area contributed by atoms with Crippen LogP contribution >= 0.6 is 0 Å². The first kappa shape index (κ1) is 39.8. The van der Waals surface area contributed by atoms with Gasteiger partial charge in [0.15, 0.2) is 0 Å². The standard InChI is InChI=1S/C47H54N8O4/c1-27(2)41(52-47(58)59-7)45(56)54-25-29(4)20-40(54)44-49-36-18-17-34(23-37(36)50-44)32-13-14-33-22-35(16-15-31(33)21-32)38-24-48-43(51-38)39-19-28(3)26-55(39)46(57)42(53(5)6)30-11-9-8-10-12-30/h8-18,21-24,27-29,39-42H,19-20,25-26H2,1-7H3,(H,48,51)(H,49,50)(H,52,58). The highest BCUT2D eigenvalue weighted by Crippen LogP contribution is 2.39. The highest BCUT2D eigenvalue weighted by Gasteiger charge is 2.41. The molecule has 4 heterocycles. The Kier molecular flexibility index (Phi) is 11.0. The number of nitrogens with one attached hydrogen (secondary N) is 3. The molecule has 12 nitrogen and oxygen atoms in total. The van der Waals surface area contributed by atoms with E-state index in [1.165, 1.54) is 7.11 Å². The van der Waals surface area contributed by atoms with Crippen molar-refractivity contribution in [2.45, 2.75) is 64.7 Å². The number of hydrogen-bond acceptors (Lipinski definition) is 7. The Balaban J connectivity index is 1.00. The van der Waals surface area contributed by atoms with Gasteiger partial charge in [0, 0.05) is 18.7 Å². The van der Waals surface area contributed by atoms with Crippen molar-refractivity contribution in [3.8, 4) is 22.4 Å². The lowest BCUT2D eigenvalue weighted by atomic mass is 9.99. The predicted octanol–water partition coefficient (Wildman–Crippen LogP) is 8.28. The van der Waals surface area contributed by atoms with Crippen molar-refractivity contribution in [3.63, 3.8) is 0 Å². The summed E-state index contributed by atoms with van der Waals surface area (Å²) in [6.45, 7) is 9.45. The fourth-order valence-electron chi connectivity index (χ4n) is 9.04. The van der Waals surface area contributed by atoms with Crippen molar-refractivity contribution in [2.75, 3.05) is 34.3 Å². The number of hydrogen-bond donors (Lipinski definition) is 3. The minimum Gasteiger partial charge on any atom is -0.453 e. The number of alkyl carbamates (subject to hydrolysis) is 1. The molecule has 2 aliphatic rings. The molecule has 0 aliphatic carbocycles. The monoisotopic (exact) mass is 794 g/mol. The Hall–Kier alpha value is -6.01. The number of nitrogens with zero attached hydrogens (tertiary/aromatic N) is 5. The Labute approximate surface area is 345 Å². The van der Waals surface area contributed by atoms with Gasteiger partial charge in [-0.05, 0) is 96.4 Å². The number of amides is 3. The van der Waals surface area contributed by atoms with E-state index in [1.54, 1.807) is 0 Å². The van der Waals surface area contributed by atoms with Gasteiger partial charge in [0.25, 0.3) is 0 Å². The number of aromatic nitrogens is 4. The van der Waals surface area contributed by atoms with E-state index in [0.717, 1.165) is 74.2 Å². The van der Waals surface area contributed by atoms with Crippen LogP contribution in [0.4, 0.5) is 4.79 Å². The maximum atomic E-state index is 14.1. The maximum Gasteiger partial charge on any atom is 0.407 e. The third-order valence-corrected chi connectivity index (χ3v) is 12.1. The summed E-state index contributed by atoms with van der Waals surface area (Å²) < 4.78 is 4.81. The van der Waals surface area contributed by atoms with E-state index in [1.807, 2.05) is 85.2 Å². The lowest BCUT2D eigenvalue weighted by Gasteiger charge is -2.31. The summed E-state index contributed by atoms with van der Waals surface area (Å²) in [5.41, 5.74) is 6.81. The summed E-state index contributed by atoms with van der Waals surface area (Å²) in [5.74, 6) is 2.05. The van der Waals surface area contributed by atoms with E-state index in [-0.39, 0.29) is 41.8 Å². The topological polar surface area (TPSA) is 140 Å². The van der Waals surface area contributed by atoms with Crippen LogP contribution in [-0.2, 0) is 14.3 Å². The molecular formula is C47H54N8O4. The number of benzene rings is 4. The Morgan fingerprint density at radius 2 is 1.39 bits per heavy atom. The number of aromatic amines is 2. The van der Waals surface area contributed by atoms with Crippen LogP contribution in [0.2, 0.25) is 0 Å². The molecule has 2 saturated heterocycles. The Morgan fingerprint density at radius 3 is 2.05 bits per heavy atom. The van der Waals surface area contributed by atoms with Gasteiger partial charge in [-0.1, -0.05) is 88.4 Å². The smallest absolute Gasteiger partial charge is 0.407 e. The second-order valence-electron chi connectivity index (χ2n) is 17.1. The van der Waals surface area contributed by atoms with E-state index in [9.17, 15) is 14.4 Å². The molecule has 8 rings (SSSR count). The number of likely N-dealkylation sites (tertiary alicyclic amines) is 2. The molecule has 2 fully saturated rings. The van der Waals surface area contributed by atoms with Gasteiger partial charge in [0.1, 0.15) is 23.7 Å². The molecular weight excluding hydrogens is 741 g/mol. The minimum absolute atomic E-state index is 0.0929. The van der Waals surface area contributed by atoms with Crippen LogP contribution in [0.1, 0.15) is 75.9 Å². The summed E-state index contributed by atoms with van der Waals surface area (Å²) in [6, 6.07) is 27.7. The number of rotatable bonds is 10. The van der Waals surface area contributed by atoms with Gasteiger partial charge in [-0.15, -0.1) is 0 Å². The zero-order chi connectivity index (χ0) is 41.5. The van der Waals surface area contributed by atoms with Crippen LogP contribution in [0.25, 0.3) is 44.2 Å². The van der Waals surface area contributed by atoms with Crippen LogP contribution in [0, 0.1) is 17.8 Å². The lowest BCUT2D eigenvalue weighted by Crippen LogP contribution is -2.51. The second-order valence-corrected chi connectivity index (χ2v) is 17.1. The van der Waals surface area contributed by atoms with Gasteiger partial charge in [-0.3, -0.25) is 14.5 Å². The number of imidazole rings is 2. The van der Waals surface area contributed by atoms with Crippen molar-refractivity contribution in [3.05, 3.63) is 108 Å². The van der Waals surface area contributed by atoms with Crippen molar-refractivity contribution in [2.24, 2.45) is 17.8 Å². The molecule has 12 heteroatoms. The van der Waals surface area contributed by atoms with E-state index in [4.69, 9.17) is 14.7 Å². The third-order valence-electron chi connectivity index (χ3n) is 12.1. The maximum absolute atomic E-state index is 14.1.